The van der Waals surface area contributed by atoms with E-state index in [1.807, 2.05) is 45.5 Å². The maximum absolute atomic E-state index is 3.66. The van der Waals surface area contributed by atoms with Crippen molar-refractivity contribution >= 4 is 11.8 Å². The molecule has 0 amide bonds. The van der Waals surface area contributed by atoms with Crippen molar-refractivity contribution in [3.8, 4) is 0 Å². The van der Waals surface area contributed by atoms with Crippen LogP contribution in [0.25, 0.3) is 0 Å². The molecule has 0 aromatic carbocycles. The van der Waals surface area contributed by atoms with Crippen molar-refractivity contribution in [3.63, 3.8) is 0 Å². The molecule has 0 bridgehead atoms. The fourth-order valence-corrected chi connectivity index (χ4v) is 1.34. The zero-order valence-corrected chi connectivity index (χ0v) is 12.8. The average molecular weight is 230 g/mol. The smallest absolute Gasteiger partial charge is 0.0148 e. The predicted molar refractivity (Wildman–Crippen MR) is 78.9 cm³/mol. The van der Waals surface area contributed by atoms with E-state index in [0.29, 0.717) is 4.75 Å². The molecule has 0 atom stereocenters. The third-order valence-electron chi connectivity index (χ3n) is 1.14. The fourth-order valence-electron chi connectivity index (χ4n) is 0.580. The highest BCUT2D eigenvalue weighted by atomic mass is 32.2. The van der Waals surface area contributed by atoms with Crippen LogP contribution in [-0.2, 0) is 0 Å². The fraction of sp³-hybridized carbons (Fsp3) is 0.714. The van der Waals surface area contributed by atoms with Crippen LogP contribution in [0.3, 0.4) is 0 Å². The van der Waals surface area contributed by atoms with Gasteiger partial charge in [0.25, 0.3) is 0 Å². The van der Waals surface area contributed by atoms with E-state index in [4.69, 9.17) is 0 Å². The Labute approximate surface area is 102 Å². The molecule has 0 unspecified atom stereocenters. The first-order valence-corrected chi connectivity index (χ1v) is 6.86. The number of hydrogen-bond acceptors (Lipinski definition) is 1. The number of rotatable bonds is 3. The highest BCUT2D eigenvalue weighted by Gasteiger charge is 2.09. The van der Waals surface area contributed by atoms with Crippen LogP contribution in [0, 0.1) is 0 Å². The summed E-state index contributed by atoms with van der Waals surface area (Å²) >= 11 is 1.97. The van der Waals surface area contributed by atoms with Gasteiger partial charge in [-0.1, -0.05) is 72.8 Å². The molecule has 0 heterocycles. The van der Waals surface area contributed by atoms with Crippen molar-refractivity contribution in [2.45, 2.75) is 60.1 Å². The third kappa shape index (κ3) is 24.8. The lowest BCUT2D eigenvalue weighted by atomic mass is 10.3. The Kier molecular flexibility index (Phi) is 18.7. The minimum atomic E-state index is 0.371. The standard InChI is InChI=1S/C10H18S.2C2H6/c1-6-7-9(2)8-11-10(3,4)5;2*1-2/h6-7H,1,8H2,2-5H3;2*1-2H3/b9-7+;;. The van der Waals surface area contributed by atoms with Crippen LogP contribution in [0.4, 0.5) is 0 Å². The Morgan fingerprint density at radius 3 is 1.80 bits per heavy atom. The van der Waals surface area contributed by atoms with Crippen LogP contribution in [0.5, 0.6) is 0 Å². The summed E-state index contributed by atoms with van der Waals surface area (Å²) < 4.78 is 0.371. The van der Waals surface area contributed by atoms with E-state index in [0.717, 1.165) is 5.75 Å². The quantitative estimate of drug-likeness (QED) is 0.560. The molecule has 0 rings (SSSR count). The first-order chi connectivity index (χ1) is 6.95. The van der Waals surface area contributed by atoms with Gasteiger partial charge >= 0.3 is 0 Å². The first kappa shape index (κ1) is 20.3. The summed E-state index contributed by atoms with van der Waals surface area (Å²) in [4.78, 5) is 0. The second kappa shape index (κ2) is 13.8. The van der Waals surface area contributed by atoms with Crippen LogP contribution in [0.1, 0.15) is 55.4 Å². The first-order valence-electron chi connectivity index (χ1n) is 5.88. The summed E-state index contributed by atoms with van der Waals surface area (Å²) in [7, 11) is 0. The maximum atomic E-state index is 3.66. The van der Waals surface area contributed by atoms with Gasteiger partial charge in [-0.3, -0.25) is 0 Å². The summed E-state index contributed by atoms with van der Waals surface area (Å²) in [5.74, 6) is 1.11. The number of allylic oxidation sites excluding steroid dienone is 2. The van der Waals surface area contributed by atoms with Gasteiger partial charge in [-0.25, -0.2) is 0 Å². The van der Waals surface area contributed by atoms with Crippen LogP contribution >= 0.6 is 11.8 Å². The molecule has 0 fully saturated rings. The maximum Gasteiger partial charge on any atom is 0.0148 e. The van der Waals surface area contributed by atoms with Gasteiger partial charge in [-0.15, -0.1) is 0 Å². The lowest BCUT2D eigenvalue weighted by molar-refractivity contribution is 0.804. The van der Waals surface area contributed by atoms with Crippen LogP contribution < -0.4 is 0 Å². The third-order valence-corrected chi connectivity index (χ3v) is 2.60. The van der Waals surface area contributed by atoms with E-state index in [1.165, 1.54) is 5.57 Å². The molecule has 0 nitrogen and oxygen atoms in total. The van der Waals surface area contributed by atoms with E-state index >= 15 is 0 Å². The van der Waals surface area contributed by atoms with E-state index in [2.05, 4.69) is 40.3 Å². The number of thioether (sulfide) groups is 1. The van der Waals surface area contributed by atoms with Crippen molar-refractivity contribution in [1.29, 1.82) is 0 Å². The van der Waals surface area contributed by atoms with Crippen LogP contribution in [0.2, 0.25) is 0 Å². The molecule has 0 aromatic heterocycles. The topological polar surface area (TPSA) is 0 Å². The molecule has 0 saturated carbocycles. The SMILES string of the molecule is C=C/C=C(\C)CSC(C)(C)C.CC.CC. The number of hydrogen-bond donors (Lipinski definition) is 0. The summed E-state index contributed by atoms with van der Waals surface area (Å²) in [5.41, 5.74) is 1.39. The van der Waals surface area contributed by atoms with Crippen molar-refractivity contribution < 1.29 is 0 Å². The molecule has 1 heteroatoms. The van der Waals surface area contributed by atoms with Crippen molar-refractivity contribution in [2.75, 3.05) is 5.75 Å². The largest absolute Gasteiger partial charge is 0.152 e. The Bertz CT molecular complexity index is 149. The second-order valence-electron chi connectivity index (χ2n) is 3.65. The molecule has 0 aliphatic rings. The molecule has 92 valence electrons. The minimum Gasteiger partial charge on any atom is -0.152 e. The highest BCUT2D eigenvalue weighted by Crippen LogP contribution is 2.24. The van der Waals surface area contributed by atoms with Crippen molar-refractivity contribution in [1.82, 2.24) is 0 Å². The zero-order valence-electron chi connectivity index (χ0n) is 12.0. The van der Waals surface area contributed by atoms with Gasteiger partial charge in [0.15, 0.2) is 0 Å². The molecule has 0 aliphatic carbocycles. The molecule has 15 heavy (non-hydrogen) atoms. The highest BCUT2D eigenvalue weighted by molar-refractivity contribution is 8.00. The van der Waals surface area contributed by atoms with E-state index in [-0.39, 0.29) is 0 Å². The van der Waals surface area contributed by atoms with Gasteiger partial charge in [0.1, 0.15) is 0 Å². The zero-order chi connectivity index (χ0) is 12.9. The molecule has 0 aliphatic heterocycles. The van der Waals surface area contributed by atoms with Gasteiger partial charge in [-0.05, 0) is 6.92 Å². The van der Waals surface area contributed by atoms with E-state index in [1.54, 1.807) is 0 Å². The lowest BCUT2D eigenvalue weighted by Gasteiger charge is -2.17. The van der Waals surface area contributed by atoms with Gasteiger partial charge < -0.3 is 0 Å². The average Bonchev–Trinajstić information content (AvgIpc) is 2.21. The van der Waals surface area contributed by atoms with E-state index in [9.17, 15) is 0 Å². The second-order valence-corrected chi connectivity index (χ2v) is 5.45. The van der Waals surface area contributed by atoms with Gasteiger partial charge in [-0.2, -0.15) is 11.8 Å². The summed E-state index contributed by atoms with van der Waals surface area (Å²) in [6.07, 6.45) is 3.91. The summed E-state index contributed by atoms with van der Waals surface area (Å²) in [5, 5.41) is 0. The van der Waals surface area contributed by atoms with Gasteiger partial charge in [0.05, 0.1) is 0 Å². The lowest BCUT2D eigenvalue weighted by Crippen LogP contribution is -2.08. The Morgan fingerprint density at radius 1 is 1.13 bits per heavy atom. The van der Waals surface area contributed by atoms with E-state index < -0.39 is 0 Å². The minimum absolute atomic E-state index is 0.371. The predicted octanol–water partition coefficient (Wildman–Crippen LogP) is 5.70. The Morgan fingerprint density at radius 2 is 1.53 bits per heavy atom. The Balaban J connectivity index is -0.000000318. The molecule has 0 spiro atoms. The molecular weight excluding hydrogens is 200 g/mol. The van der Waals surface area contributed by atoms with Gasteiger partial charge in [0, 0.05) is 10.5 Å². The monoisotopic (exact) mass is 230 g/mol. The summed E-state index contributed by atoms with van der Waals surface area (Å²) in [6.45, 7) is 20.5. The van der Waals surface area contributed by atoms with Crippen LogP contribution in [0.15, 0.2) is 24.3 Å². The molecular formula is C14H30S. The normalized spacial score (nSPS) is 10.5. The Hall–Kier alpha value is -0.170. The molecule has 0 N–H and O–H groups in total. The van der Waals surface area contributed by atoms with Crippen molar-refractivity contribution in [2.24, 2.45) is 0 Å². The molecule has 0 aromatic rings. The molecule has 0 radical (unpaired) electrons. The molecule has 0 saturated heterocycles. The van der Waals surface area contributed by atoms with Crippen molar-refractivity contribution in [3.05, 3.63) is 24.3 Å². The van der Waals surface area contributed by atoms with Crippen LogP contribution in [-0.4, -0.2) is 10.5 Å². The summed E-state index contributed by atoms with van der Waals surface area (Å²) in [6, 6.07) is 0. The van der Waals surface area contributed by atoms with Gasteiger partial charge in [0.2, 0.25) is 0 Å².